The Bertz CT molecular complexity index is 1340. The van der Waals surface area contributed by atoms with E-state index in [-0.39, 0.29) is 11.0 Å². The van der Waals surface area contributed by atoms with E-state index in [0.717, 1.165) is 68.1 Å². The predicted octanol–water partition coefficient (Wildman–Crippen LogP) is 7.51. The number of rotatable bonds is 2. The summed E-state index contributed by atoms with van der Waals surface area (Å²) in [6.45, 7) is 16.5. The zero-order valence-corrected chi connectivity index (χ0v) is 27.5. The van der Waals surface area contributed by atoms with Crippen LogP contribution in [0.3, 0.4) is 0 Å². The molecule has 2 aromatic rings. The molecule has 7 heteroatoms. The Morgan fingerprint density at radius 1 is 1.09 bits per heavy atom. The number of nitrogen functional groups attached to an aromatic ring is 1. The third-order valence-electron chi connectivity index (χ3n) is 10.6. The Labute approximate surface area is 259 Å². The van der Waals surface area contributed by atoms with Crippen LogP contribution in [0.15, 0.2) is 12.1 Å². The van der Waals surface area contributed by atoms with Gasteiger partial charge in [-0.1, -0.05) is 53.5 Å². The summed E-state index contributed by atoms with van der Waals surface area (Å²) in [6.07, 6.45) is 11.0. The van der Waals surface area contributed by atoms with Crippen molar-refractivity contribution in [2.24, 2.45) is 5.41 Å². The Hall–Kier alpha value is -2.72. The Morgan fingerprint density at radius 3 is 2.53 bits per heavy atom. The summed E-state index contributed by atoms with van der Waals surface area (Å²) in [5.74, 6) is 2.44. The minimum absolute atomic E-state index is 0.209. The van der Waals surface area contributed by atoms with E-state index in [2.05, 4.69) is 63.5 Å². The fraction of sp³-hybridized carbons (Fsp3) is 0.694. The summed E-state index contributed by atoms with van der Waals surface area (Å²) < 4.78 is 12.8. The van der Waals surface area contributed by atoms with Crippen molar-refractivity contribution < 1.29 is 4.39 Å². The molecule has 4 heterocycles. The number of alkyl halides is 1. The largest absolute Gasteiger partial charge is 0.398 e. The van der Waals surface area contributed by atoms with Gasteiger partial charge < -0.3 is 10.6 Å². The van der Waals surface area contributed by atoms with Gasteiger partial charge >= 0.3 is 0 Å². The van der Waals surface area contributed by atoms with E-state index in [0.29, 0.717) is 36.2 Å². The number of hydrogen-bond donors (Lipinski definition) is 1. The third kappa shape index (κ3) is 6.55. The topological polar surface area (TPSA) is 82.1 Å². The van der Waals surface area contributed by atoms with Gasteiger partial charge in [0.25, 0.3) is 0 Å². The van der Waals surface area contributed by atoms with Crippen LogP contribution in [-0.4, -0.2) is 52.3 Å². The highest BCUT2D eigenvalue weighted by Crippen LogP contribution is 2.41. The molecule has 4 aliphatic rings. The molecule has 2 N–H and O–H groups in total. The Balaban J connectivity index is 0.000000308. The molecule has 3 fully saturated rings. The van der Waals surface area contributed by atoms with Crippen LogP contribution < -0.4 is 10.6 Å². The normalized spacial score (nSPS) is 27.5. The number of nitriles is 1. The van der Waals surface area contributed by atoms with Crippen LogP contribution in [0, 0.1) is 16.7 Å². The van der Waals surface area contributed by atoms with E-state index >= 15 is 0 Å². The van der Waals surface area contributed by atoms with Crippen molar-refractivity contribution in [3.8, 4) is 6.07 Å². The first kappa shape index (κ1) is 31.7. The van der Waals surface area contributed by atoms with Crippen LogP contribution in [0.5, 0.6) is 0 Å². The average Bonchev–Trinajstić information content (AvgIpc) is 3.39. The quantitative estimate of drug-likeness (QED) is 0.366. The molecule has 3 aliphatic heterocycles. The lowest BCUT2D eigenvalue weighted by atomic mass is 9.79. The van der Waals surface area contributed by atoms with Crippen LogP contribution in [0.4, 0.5) is 15.9 Å². The lowest BCUT2D eigenvalue weighted by Crippen LogP contribution is -2.55. The molecule has 3 saturated heterocycles. The molecule has 6 rings (SSSR count). The number of halogens is 1. The Morgan fingerprint density at radius 2 is 1.88 bits per heavy atom. The van der Waals surface area contributed by atoms with Gasteiger partial charge in [0.05, 0.1) is 11.3 Å². The second kappa shape index (κ2) is 12.7. The molecule has 0 bridgehead atoms. The fourth-order valence-corrected chi connectivity index (χ4v) is 8.03. The van der Waals surface area contributed by atoms with Crippen molar-refractivity contribution in [1.29, 1.82) is 5.26 Å². The lowest BCUT2D eigenvalue weighted by Gasteiger charge is -2.50. The van der Waals surface area contributed by atoms with Crippen molar-refractivity contribution in [3.05, 3.63) is 45.9 Å². The van der Waals surface area contributed by atoms with E-state index in [1.54, 1.807) is 0 Å². The molecule has 234 valence electrons. The Kier molecular flexibility index (Phi) is 9.37. The van der Waals surface area contributed by atoms with E-state index in [1.807, 2.05) is 6.07 Å². The van der Waals surface area contributed by atoms with Crippen LogP contribution in [0.2, 0.25) is 0 Å². The van der Waals surface area contributed by atoms with Crippen LogP contribution in [0.25, 0.3) is 0 Å². The van der Waals surface area contributed by atoms with Crippen LogP contribution in [0.1, 0.15) is 133 Å². The fourth-order valence-electron chi connectivity index (χ4n) is 8.03. The van der Waals surface area contributed by atoms with Gasteiger partial charge in [-0.05, 0) is 86.9 Å². The molecule has 4 unspecified atom stereocenters. The minimum Gasteiger partial charge on any atom is -0.398 e. The van der Waals surface area contributed by atoms with E-state index in [1.165, 1.54) is 43.2 Å². The molecule has 6 nitrogen and oxygen atoms in total. The zero-order valence-electron chi connectivity index (χ0n) is 27.5. The van der Waals surface area contributed by atoms with Crippen molar-refractivity contribution in [2.75, 3.05) is 30.3 Å². The van der Waals surface area contributed by atoms with Gasteiger partial charge in [-0.25, -0.2) is 14.4 Å². The molecule has 1 aliphatic carbocycles. The SMILES string of the molecule is CC12CCCN1CC(F)C2.CCc1nc2c(c(N3CCC3C(C)(C)C)n1)CCCCCC(C)c1ccc(N)c(C#N)c1C2. The number of fused-ring (bicyclic) bond motifs is 3. The average molecular weight is 589 g/mol. The van der Waals surface area contributed by atoms with Gasteiger partial charge in [0.15, 0.2) is 0 Å². The predicted molar refractivity (Wildman–Crippen MR) is 174 cm³/mol. The van der Waals surface area contributed by atoms with Gasteiger partial charge in [-0.2, -0.15) is 5.26 Å². The lowest BCUT2D eigenvalue weighted by molar-refractivity contribution is 0.217. The molecule has 1 aromatic heterocycles. The summed E-state index contributed by atoms with van der Waals surface area (Å²) in [5.41, 5.74) is 12.6. The highest BCUT2D eigenvalue weighted by atomic mass is 19.1. The maximum absolute atomic E-state index is 12.8. The maximum atomic E-state index is 12.8. The van der Waals surface area contributed by atoms with Gasteiger partial charge in [0.1, 0.15) is 23.9 Å². The second-order valence-corrected chi connectivity index (χ2v) is 14.8. The third-order valence-corrected chi connectivity index (χ3v) is 10.6. The number of nitrogens with zero attached hydrogens (tertiary/aromatic N) is 5. The van der Waals surface area contributed by atoms with E-state index < -0.39 is 6.17 Å². The van der Waals surface area contributed by atoms with Crippen LogP contribution >= 0.6 is 0 Å². The number of anilines is 2. The molecular formula is C36H53FN6. The summed E-state index contributed by atoms with van der Waals surface area (Å²) in [7, 11) is 0. The highest BCUT2D eigenvalue weighted by molar-refractivity contribution is 5.63. The van der Waals surface area contributed by atoms with Crippen molar-refractivity contribution in [2.45, 2.75) is 136 Å². The van der Waals surface area contributed by atoms with Gasteiger partial charge in [-0.15, -0.1) is 0 Å². The monoisotopic (exact) mass is 588 g/mol. The number of nitrogens with two attached hydrogens (primary N) is 1. The van der Waals surface area contributed by atoms with Crippen molar-refractivity contribution in [3.63, 3.8) is 0 Å². The van der Waals surface area contributed by atoms with E-state index in [9.17, 15) is 9.65 Å². The first-order valence-corrected chi connectivity index (χ1v) is 16.8. The summed E-state index contributed by atoms with van der Waals surface area (Å²) in [5, 5.41) is 10.00. The van der Waals surface area contributed by atoms with Crippen molar-refractivity contribution in [1.82, 2.24) is 14.9 Å². The molecular weight excluding hydrogens is 535 g/mol. The first-order valence-electron chi connectivity index (χ1n) is 16.8. The zero-order chi connectivity index (χ0) is 30.9. The number of aromatic nitrogens is 2. The summed E-state index contributed by atoms with van der Waals surface area (Å²) in [6, 6.07) is 6.96. The summed E-state index contributed by atoms with van der Waals surface area (Å²) >= 11 is 0. The summed E-state index contributed by atoms with van der Waals surface area (Å²) in [4.78, 5) is 15.0. The number of hydrogen-bond acceptors (Lipinski definition) is 6. The van der Waals surface area contributed by atoms with Gasteiger partial charge in [-0.3, -0.25) is 4.90 Å². The maximum Gasteiger partial charge on any atom is 0.136 e. The van der Waals surface area contributed by atoms with Crippen molar-refractivity contribution >= 4 is 11.5 Å². The van der Waals surface area contributed by atoms with E-state index in [4.69, 9.17) is 15.7 Å². The molecule has 0 spiro atoms. The molecule has 1 aromatic carbocycles. The van der Waals surface area contributed by atoms with Gasteiger partial charge in [0, 0.05) is 48.8 Å². The standard InChI is InChI=1S/C28H39N5.C8H14FN/c1-6-26-31-24-16-21-19(12-13-23(30)22(21)17-29)18(2)10-8-7-9-11-20(24)27(32-26)33-15-14-25(33)28(3,4)5;1-8-3-2-4-10(8)6-7(9)5-8/h12-13,18,25H,6-11,14-16,30H2,1-5H3;7H,2-6H2,1H3. The molecule has 0 radical (unpaired) electrons. The second-order valence-electron chi connectivity index (χ2n) is 14.8. The molecule has 4 atom stereocenters. The first-order chi connectivity index (χ1) is 20.4. The minimum atomic E-state index is -0.551. The highest BCUT2D eigenvalue weighted by Gasteiger charge is 2.45. The molecule has 0 saturated carbocycles. The van der Waals surface area contributed by atoms with Crippen LogP contribution in [-0.2, 0) is 19.3 Å². The molecule has 0 amide bonds. The molecule has 43 heavy (non-hydrogen) atoms. The van der Waals surface area contributed by atoms with Gasteiger partial charge in [0.2, 0.25) is 0 Å². The number of aryl methyl sites for hydroxylation is 1. The smallest absolute Gasteiger partial charge is 0.136 e. The number of benzene rings is 1.